The van der Waals surface area contributed by atoms with E-state index in [-0.39, 0.29) is 17.4 Å². The minimum Gasteiger partial charge on any atom is -0.481 e. The normalized spacial score (nSPS) is 22.8. The van der Waals surface area contributed by atoms with Crippen molar-refractivity contribution in [3.63, 3.8) is 0 Å². The van der Waals surface area contributed by atoms with Crippen molar-refractivity contribution in [1.82, 2.24) is 10.3 Å². The molecule has 21 heavy (non-hydrogen) atoms. The number of carbonyl (C=O) groups is 1. The molecule has 0 spiro atoms. The number of hydrogen-bond donors (Lipinski definition) is 2. The van der Waals surface area contributed by atoms with Crippen molar-refractivity contribution < 1.29 is 9.90 Å². The van der Waals surface area contributed by atoms with Gasteiger partial charge in [-0.15, -0.1) is 11.3 Å². The Hall–Kier alpha value is -1.46. The number of rotatable bonds is 2. The van der Waals surface area contributed by atoms with E-state index in [1.807, 2.05) is 0 Å². The molecule has 0 amide bonds. The number of carboxylic acid groups (broad SMARTS) is 1. The quantitative estimate of drug-likeness (QED) is 0.893. The summed E-state index contributed by atoms with van der Waals surface area (Å²) >= 11 is 1.74. The highest BCUT2D eigenvalue weighted by molar-refractivity contribution is 7.18. The van der Waals surface area contributed by atoms with E-state index >= 15 is 0 Å². The van der Waals surface area contributed by atoms with Crippen LogP contribution in [-0.2, 0) is 10.2 Å². The number of carboxylic acids is 1. The number of fused-ring (bicyclic) bond motifs is 1. The van der Waals surface area contributed by atoms with Gasteiger partial charge >= 0.3 is 5.97 Å². The standard InChI is InChI=1S/C16H20N2O2S/c1-16(2,3)15-18-12-6-9(4-5-13(12)21-15)11-7-10(8-17-11)14(19)20/h4-6,10-11,17H,7-8H2,1-3H3,(H,19,20). The van der Waals surface area contributed by atoms with E-state index in [4.69, 9.17) is 10.1 Å². The molecule has 2 heterocycles. The Morgan fingerprint density at radius 3 is 2.81 bits per heavy atom. The summed E-state index contributed by atoms with van der Waals surface area (Å²) in [5.74, 6) is -0.999. The highest BCUT2D eigenvalue weighted by atomic mass is 32.1. The molecule has 1 fully saturated rings. The maximum atomic E-state index is 11.1. The molecule has 0 saturated carbocycles. The van der Waals surface area contributed by atoms with Gasteiger partial charge in [0.05, 0.1) is 21.1 Å². The van der Waals surface area contributed by atoms with E-state index in [2.05, 4.69) is 44.3 Å². The van der Waals surface area contributed by atoms with Gasteiger partial charge in [-0.3, -0.25) is 4.79 Å². The van der Waals surface area contributed by atoms with Gasteiger partial charge in [-0.2, -0.15) is 0 Å². The molecule has 1 aromatic carbocycles. The number of thiazole rings is 1. The molecule has 0 bridgehead atoms. The van der Waals surface area contributed by atoms with E-state index in [9.17, 15) is 4.79 Å². The lowest BCUT2D eigenvalue weighted by molar-refractivity contribution is -0.141. The Morgan fingerprint density at radius 1 is 1.43 bits per heavy atom. The molecular formula is C16H20N2O2S. The number of aromatic nitrogens is 1. The summed E-state index contributed by atoms with van der Waals surface area (Å²) in [6.07, 6.45) is 0.650. The molecular weight excluding hydrogens is 284 g/mol. The van der Waals surface area contributed by atoms with Crippen LogP contribution in [0.1, 0.15) is 43.8 Å². The Labute approximate surface area is 128 Å². The number of aliphatic carboxylic acids is 1. The van der Waals surface area contributed by atoms with Gasteiger partial charge < -0.3 is 10.4 Å². The van der Waals surface area contributed by atoms with E-state index in [0.717, 1.165) is 16.1 Å². The van der Waals surface area contributed by atoms with Crippen LogP contribution in [0, 0.1) is 5.92 Å². The van der Waals surface area contributed by atoms with Crippen LogP contribution in [0.5, 0.6) is 0 Å². The molecule has 1 aliphatic rings. The third-order valence-electron chi connectivity index (χ3n) is 3.94. The summed E-state index contributed by atoms with van der Waals surface area (Å²) in [7, 11) is 0. The van der Waals surface area contributed by atoms with Crippen LogP contribution >= 0.6 is 11.3 Å². The van der Waals surface area contributed by atoms with E-state index in [1.165, 1.54) is 4.70 Å². The lowest BCUT2D eigenvalue weighted by atomic mass is 9.98. The monoisotopic (exact) mass is 304 g/mol. The summed E-state index contributed by atoms with van der Waals surface area (Å²) in [4.78, 5) is 15.8. The van der Waals surface area contributed by atoms with Crippen molar-refractivity contribution in [2.24, 2.45) is 5.92 Å². The van der Waals surface area contributed by atoms with Crippen LogP contribution in [-0.4, -0.2) is 22.6 Å². The van der Waals surface area contributed by atoms with Crippen LogP contribution in [0.2, 0.25) is 0 Å². The SMILES string of the molecule is CC(C)(C)c1nc2cc(C3CC(C(=O)O)CN3)ccc2s1. The molecule has 2 aromatic rings. The summed E-state index contributed by atoms with van der Waals surface area (Å²) in [5.41, 5.74) is 2.21. The molecule has 0 aliphatic carbocycles. The van der Waals surface area contributed by atoms with Gasteiger partial charge in [0.1, 0.15) is 0 Å². The van der Waals surface area contributed by atoms with Crippen molar-refractivity contribution in [3.05, 3.63) is 28.8 Å². The first kappa shape index (κ1) is 14.5. The van der Waals surface area contributed by atoms with Crippen molar-refractivity contribution in [3.8, 4) is 0 Å². The second kappa shape index (κ2) is 5.07. The minimum atomic E-state index is -0.713. The first-order valence-corrected chi connectivity index (χ1v) is 8.03. The Morgan fingerprint density at radius 2 is 2.19 bits per heavy atom. The predicted octanol–water partition coefficient (Wildman–Crippen LogP) is 3.33. The highest BCUT2D eigenvalue weighted by Crippen LogP contribution is 2.34. The highest BCUT2D eigenvalue weighted by Gasteiger charge is 2.30. The summed E-state index contributed by atoms with van der Waals surface area (Å²) in [6, 6.07) is 6.42. The number of benzene rings is 1. The second-order valence-electron chi connectivity index (χ2n) is 6.73. The van der Waals surface area contributed by atoms with Crippen molar-refractivity contribution in [2.75, 3.05) is 6.54 Å². The number of hydrogen-bond acceptors (Lipinski definition) is 4. The van der Waals surface area contributed by atoms with Crippen LogP contribution in [0.25, 0.3) is 10.2 Å². The molecule has 5 heteroatoms. The van der Waals surface area contributed by atoms with Crippen LogP contribution in [0.3, 0.4) is 0 Å². The molecule has 3 rings (SSSR count). The van der Waals surface area contributed by atoms with Gasteiger partial charge in [-0.05, 0) is 24.1 Å². The third-order valence-corrected chi connectivity index (χ3v) is 5.40. The fourth-order valence-corrected chi connectivity index (χ4v) is 3.66. The van der Waals surface area contributed by atoms with Crippen LogP contribution < -0.4 is 5.32 Å². The molecule has 112 valence electrons. The fourth-order valence-electron chi connectivity index (χ4n) is 2.66. The topological polar surface area (TPSA) is 62.2 Å². The summed E-state index contributed by atoms with van der Waals surface area (Å²) in [5, 5.41) is 13.5. The minimum absolute atomic E-state index is 0.0594. The second-order valence-corrected chi connectivity index (χ2v) is 7.76. The van der Waals surface area contributed by atoms with Gasteiger partial charge in [-0.25, -0.2) is 4.98 Å². The zero-order valence-electron chi connectivity index (χ0n) is 12.5. The first-order chi connectivity index (χ1) is 9.84. The maximum absolute atomic E-state index is 11.1. The summed E-state index contributed by atoms with van der Waals surface area (Å²) < 4.78 is 1.19. The Balaban J connectivity index is 1.90. The Bertz CT molecular complexity index is 687. The van der Waals surface area contributed by atoms with Crippen molar-refractivity contribution >= 4 is 27.5 Å². The average Bonchev–Trinajstić information content (AvgIpc) is 3.04. The molecule has 2 atom stereocenters. The van der Waals surface area contributed by atoms with Crippen molar-refractivity contribution in [1.29, 1.82) is 0 Å². The van der Waals surface area contributed by atoms with Gasteiger partial charge in [0.2, 0.25) is 0 Å². The van der Waals surface area contributed by atoms with Gasteiger partial charge in [-0.1, -0.05) is 26.8 Å². The number of nitrogens with zero attached hydrogens (tertiary/aromatic N) is 1. The molecule has 1 aromatic heterocycles. The zero-order chi connectivity index (χ0) is 15.2. The maximum Gasteiger partial charge on any atom is 0.307 e. The molecule has 4 nitrogen and oxygen atoms in total. The molecule has 1 saturated heterocycles. The Kier molecular flexibility index (Phi) is 3.50. The third kappa shape index (κ3) is 2.80. The largest absolute Gasteiger partial charge is 0.481 e. The van der Waals surface area contributed by atoms with E-state index < -0.39 is 5.97 Å². The lowest BCUT2D eigenvalue weighted by Crippen LogP contribution is -2.17. The molecule has 2 N–H and O–H groups in total. The summed E-state index contributed by atoms with van der Waals surface area (Å²) in [6.45, 7) is 7.05. The fraction of sp³-hybridized carbons (Fsp3) is 0.500. The van der Waals surface area contributed by atoms with Crippen LogP contribution in [0.15, 0.2) is 18.2 Å². The predicted molar refractivity (Wildman–Crippen MR) is 84.8 cm³/mol. The molecule has 1 aliphatic heterocycles. The van der Waals surface area contributed by atoms with Gasteiger partial charge in [0, 0.05) is 18.0 Å². The smallest absolute Gasteiger partial charge is 0.307 e. The van der Waals surface area contributed by atoms with E-state index in [0.29, 0.717) is 13.0 Å². The first-order valence-electron chi connectivity index (χ1n) is 7.22. The van der Waals surface area contributed by atoms with E-state index in [1.54, 1.807) is 11.3 Å². The molecule has 2 unspecified atom stereocenters. The molecule has 0 radical (unpaired) electrons. The van der Waals surface area contributed by atoms with Crippen LogP contribution in [0.4, 0.5) is 0 Å². The zero-order valence-corrected chi connectivity index (χ0v) is 13.3. The van der Waals surface area contributed by atoms with Gasteiger partial charge in [0.25, 0.3) is 0 Å². The number of nitrogens with one attached hydrogen (secondary N) is 1. The van der Waals surface area contributed by atoms with Gasteiger partial charge in [0.15, 0.2) is 0 Å². The average molecular weight is 304 g/mol. The van der Waals surface area contributed by atoms with Crippen molar-refractivity contribution in [2.45, 2.75) is 38.6 Å². The lowest BCUT2D eigenvalue weighted by Gasteiger charge is -2.13.